The van der Waals surface area contributed by atoms with Gasteiger partial charge in [0.05, 0.1) is 10.9 Å². The smallest absolute Gasteiger partial charge is 0.261 e. The molecule has 0 N–H and O–H groups in total. The Hall–Kier alpha value is -2.60. The van der Waals surface area contributed by atoms with Crippen molar-refractivity contribution in [2.24, 2.45) is 0 Å². The summed E-state index contributed by atoms with van der Waals surface area (Å²) in [5, 5.41) is 0.607. The van der Waals surface area contributed by atoms with Crippen LogP contribution in [0.3, 0.4) is 0 Å². The van der Waals surface area contributed by atoms with Gasteiger partial charge in [-0.1, -0.05) is 12.1 Å². The molecule has 3 aromatic rings. The van der Waals surface area contributed by atoms with Crippen molar-refractivity contribution in [2.45, 2.75) is 19.5 Å². The molecule has 1 aliphatic rings. The van der Waals surface area contributed by atoms with Crippen molar-refractivity contribution in [3.05, 3.63) is 75.8 Å². The van der Waals surface area contributed by atoms with Crippen LogP contribution in [0.5, 0.6) is 0 Å². The number of hydrogen-bond donors (Lipinski definition) is 0. The van der Waals surface area contributed by atoms with Gasteiger partial charge >= 0.3 is 0 Å². The molecule has 2 heterocycles. The van der Waals surface area contributed by atoms with E-state index in [1.54, 1.807) is 10.6 Å². The molecule has 0 spiro atoms. The summed E-state index contributed by atoms with van der Waals surface area (Å²) in [6.07, 6.45) is 0.594. The molecule has 0 unspecified atom stereocenters. The molecular weight excluding hydrogens is 324 g/mol. The molecule has 0 atom stereocenters. The first-order valence-corrected chi connectivity index (χ1v) is 8.26. The van der Waals surface area contributed by atoms with Gasteiger partial charge in [-0.3, -0.25) is 14.3 Å². The van der Waals surface area contributed by atoms with E-state index in [0.29, 0.717) is 49.1 Å². The summed E-state index contributed by atoms with van der Waals surface area (Å²) in [4.78, 5) is 19.3. The fraction of sp³-hybridized carbons (Fsp3) is 0.263. The minimum atomic E-state index is -0.446. The van der Waals surface area contributed by atoms with Gasteiger partial charge in [0, 0.05) is 38.2 Å². The fourth-order valence-electron chi connectivity index (χ4n) is 3.31. The zero-order valence-corrected chi connectivity index (χ0v) is 13.6. The first-order chi connectivity index (χ1) is 12.1. The van der Waals surface area contributed by atoms with Gasteiger partial charge in [0.25, 0.3) is 5.56 Å². The Morgan fingerprint density at radius 3 is 2.76 bits per heavy atom. The predicted octanol–water partition coefficient (Wildman–Crippen LogP) is 2.73. The van der Waals surface area contributed by atoms with Gasteiger partial charge in [-0.25, -0.2) is 13.8 Å². The first-order valence-electron chi connectivity index (χ1n) is 8.26. The Labute approximate surface area is 143 Å². The van der Waals surface area contributed by atoms with Crippen molar-refractivity contribution in [1.29, 1.82) is 0 Å². The summed E-state index contributed by atoms with van der Waals surface area (Å²) >= 11 is 0. The Morgan fingerprint density at radius 1 is 1.04 bits per heavy atom. The second-order valence-electron chi connectivity index (χ2n) is 6.26. The molecule has 4 rings (SSSR count). The Balaban J connectivity index is 1.62. The van der Waals surface area contributed by atoms with Crippen molar-refractivity contribution >= 4 is 10.9 Å². The average molecular weight is 341 g/mol. The number of hydrogen-bond acceptors (Lipinski definition) is 3. The maximum absolute atomic E-state index is 13.9. The Bertz CT molecular complexity index is 1000. The number of rotatable bonds is 2. The van der Waals surface area contributed by atoms with Crippen LogP contribution in [0.15, 0.2) is 47.3 Å². The van der Waals surface area contributed by atoms with Crippen molar-refractivity contribution in [3.63, 3.8) is 0 Å². The van der Waals surface area contributed by atoms with Crippen LogP contribution >= 0.6 is 0 Å². The molecule has 4 nitrogen and oxygen atoms in total. The average Bonchev–Trinajstić information content (AvgIpc) is 2.81. The second-order valence-corrected chi connectivity index (χ2v) is 6.26. The van der Waals surface area contributed by atoms with Crippen LogP contribution in [0.4, 0.5) is 8.78 Å². The summed E-state index contributed by atoms with van der Waals surface area (Å²) in [6, 6.07) is 10.8. The van der Waals surface area contributed by atoms with Crippen LogP contribution in [0.25, 0.3) is 10.9 Å². The van der Waals surface area contributed by atoms with Crippen LogP contribution in [0, 0.1) is 11.6 Å². The molecule has 1 aromatic heterocycles. The van der Waals surface area contributed by atoms with Crippen LogP contribution in [0.2, 0.25) is 0 Å². The molecule has 0 bridgehead atoms. The highest BCUT2D eigenvalue weighted by Crippen LogP contribution is 2.16. The molecule has 25 heavy (non-hydrogen) atoms. The number of halogens is 2. The van der Waals surface area contributed by atoms with Crippen LogP contribution < -0.4 is 5.56 Å². The third-order valence-electron chi connectivity index (χ3n) is 4.63. The molecule has 1 aliphatic heterocycles. The summed E-state index contributed by atoms with van der Waals surface area (Å²) < 4.78 is 28.9. The first kappa shape index (κ1) is 15.9. The van der Waals surface area contributed by atoms with Gasteiger partial charge in [0.2, 0.25) is 0 Å². The molecular formula is C19H17F2N3O. The molecule has 0 saturated carbocycles. The number of para-hydroxylation sites is 1. The normalized spacial score (nSPS) is 15.1. The van der Waals surface area contributed by atoms with Gasteiger partial charge < -0.3 is 0 Å². The predicted molar refractivity (Wildman–Crippen MR) is 91.3 cm³/mol. The lowest BCUT2D eigenvalue weighted by molar-refractivity contribution is 0.267. The summed E-state index contributed by atoms with van der Waals surface area (Å²) in [7, 11) is 0. The lowest BCUT2D eigenvalue weighted by Crippen LogP contribution is -2.29. The highest BCUT2D eigenvalue weighted by atomic mass is 19.1. The molecule has 0 amide bonds. The minimum absolute atomic E-state index is 0.0422. The van der Waals surface area contributed by atoms with Crippen LogP contribution in [-0.2, 0) is 19.5 Å². The summed E-state index contributed by atoms with van der Waals surface area (Å²) in [6.45, 7) is 2.03. The van der Waals surface area contributed by atoms with E-state index in [2.05, 4.69) is 4.98 Å². The zero-order valence-electron chi connectivity index (χ0n) is 13.6. The largest absolute Gasteiger partial charge is 0.297 e. The number of benzene rings is 2. The third-order valence-corrected chi connectivity index (χ3v) is 4.63. The fourth-order valence-corrected chi connectivity index (χ4v) is 3.31. The van der Waals surface area contributed by atoms with Gasteiger partial charge in [-0.2, -0.15) is 0 Å². The van der Waals surface area contributed by atoms with E-state index in [1.165, 1.54) is 6.07 Å². The monoisotopic (exact) mass is 341 g/mol. The Morgan fingerprint density at radius 2 is 1.88 bits per heavy atom. The van der Waals surface area contributed by atoms with Crippen molar-refractivity contribution < 1.29 is 8.78 Å². The molecule has 0 fully saturated rings. The quantitative estimate of drug-likeness (QED) is 0.719. The van der Waals surface area contributed by atoms with E-state index in [-0.39, 0.29) is 5.56 Å². The van der Waals surface area contributed by atoms with Gasteiger partial charge in [0.15, 0.2) is 0 Å². The molecule has 0 saturated heterocycles. The molecule has 6 heteroatoms. The van der Waals surface area contributed by atoms with E-state index in [1.807, 2.05) is 23.1 Å². The highest BCUT2D eigenvalue weighted by molar-refractivity contribution is 5.77. The number of aromatic nitrogens is 2. The van der Waals surface area contributed by atoms with Crippen LogP contribution in [-0.4, -0.2) is 27.5 Å². The van der Waals surface area contributed by atoms with E-state index < -0.39 is 11.6 Å². The number of fused-ring (bicyclic) bond motifs is 2. The zero-order chi connectivity index (χ0) is 17.4. The summed E-state index contributed by atoms with van der Waals surface area (Å²) in [5.41, 5.74) is 0.985. The van der Waals surface area contributed by atoms with Crippen molar-refractivity contribution in [1.82, 2.24) is 14.5 Å². The standard InChI is InChI=1S/C19H17F2N3O/c20-14-5-6-16(21)13(11-14)12-23-8-7-18-22-17-4-2-1-3-15(17)19(25)24(18)10-9-23/h1-6,11H,7-10,12H2. The maximum Gasteiger partial charge on any atom is 0.261 e. The third kappa shape index (κ3) is 3.05. The Kier molecular flexibility index (Phi) is 4.05. The maximum atomic E-state index is 13.9. The van der Waals surface area contributed by atoms with E-state index >= 15 is 0 Å². The number of nitrogens with zero attached hydrogens (tertiary/aromatic N) is 3. The van der Waals surface area contributed by atoms with Gasteiger partial charge in [-0.15, -0.1) is 0 Å². The summed E-state index contributed by atoms with van der Waals surface area (Å²) in [5.74, 6) is -0.117. The topological polar surface area (TPSA) is 38.1 Å². The van der Waals surface area contributed by atoms with E-state index in [9.17, 15) is 13.6 Å². The van der Waals surface area contributed by atoms with Crippen molar-refractivity contribution in [3.8, 4) is 0 Å². The van der Waals surface area contributed by atoms with Crippen molar-refractivity contribution in [2.75, 3.05) is 13.1 Å². The van der Waals surface area contributed by atoms with E-state index in [4.69, 9.17) is 0 Å². The van der Waals surface area contributed by atoms with Gasteiger partial charge in [0.1, 0.15) is 17.5 Å². The van der Waals surface area contributed by atoms with E-state index in [0.717, 1.165) is 18.0 Å². The minimum Gasteiger partial charge on any atom is -0.297 e. The second kappa shape index (κ2) is 6.37. The molecule has 0 aliphatic carbocycles. The molecule has 2 aromatic carbocycles. The lowest BCUT2D eigenvalue weighted by atomic mass is 10.2. The lowest BCUT2D eigenvalue weighted by Gasteiger charge is -2.19. The van der Waals surface area contributed by atoms with Crippen LogP contribution in [0.1, 0.15) is 11.4 Å². The molecule has 128 valence electrons. The molecule has 0 radical (unpaired) electrons. The highest BCUT2D eigenvalue weighted by Gasteiger charge is 2.18. The SMILES string of the molecule is O=c1c2ccccc2nc2n1CCN(Cc1cc(F)ccc1F)CC2. The van der Waals surface area contributed by atoms with Gasteiger partial charge in [-0.05, 0) is 30.3 Å².